The van der Waals surface area contributed by atoms with E-state index in [0.29, 0.717) is 27.0 Å². The molecule has 0 radical (unpaired) electrons. The molecule has 0 aliphatic heterocycles. The summed E-state index contributed by atoms with van der Waals surface area (Å²) < 4.78 is 15.3. The fraction of sp³-hybridized carbons (Fsp3) is 0.0500. The molecule has 1 amide bonds. The number of carbonyl (C=O) groups excluding carboxylic acids is 1. The number of aromatic nitrogens is 4. The van der Waals surface area contributed by atoms with Gasteiger partial charge in [-0.05, 0) is 24.3 Å². The van der Waals surface area contributed by atoms with Gasteiger partial charge in [-0.1, -0.05) is 47.5 Å². The maximum absolute atomic E-state index is 13.8. The van der Waals surface area contributed by atoms with Crippen LogP contribution >= 0.6 is 23.2 Å². The predicted molar refractivity (Wildman–Crippen MR) is 110 cm³/mol. The Morgan fingerprint density at radius 1 is 1.14 bits per heavy atom. The molecular weight excluding hydrogens is 416 g/mol. The molecule has 9 heteroatoms. The maximum atomic E-state index is 13.8. The number of rotatable bonds is 5. The fourth-order valence-electron chi connectivity index (χ4n) is 2.76. The zero-order valence-electron chi connectivity index (χ0n) is 14.9. The third-order valence-corrected chi connectivity index (χ3v) is 4.96. The highest BCUT2D eigenvalue weighted by molar-refractivity contribution is 6.42. The summed E-state index contributed by atoms with van der Waals surface area (Å²) in [6.07, 6.45) is 3.12. The lowest BCUT2D eigenvalue weighted by Gasteiger charge is -2.03. The monoisotopic (exact) mass is 429 g/mol. The van der Waals surface area contributed by atoms with Gasteiger partial charge in [0.15, 0.2) is 0 Å². The van der Waals surface area contributed by atoms with Crippen LogP contribution < -0.4 is 5.32 Å². The molecule has 0 aliphatic carbocycles. The molecule has 2 aromatic carbocycles. The van der Waals surface area contributed by atoms with Gasteiger partial charge in [-0.2, -0.15) is 10.2 Å². The third-order valence-electron chi connectivity index (χ3n) is 4.22. The number of anilines is 1. The Bertz CT molecular complexity index is 1190. The summed E-state index contributed by atoms with van der Waals surface area (Å²) in [5, 5.41) is 14.6. The Morgan fingerprint density at radius 3 is 2.76 bits per heavy atom. The standard InChI is InChI=1S/C20H14Cl2FN5O/c21-15-6-5-12(7-16(15)22)18-8-19(27-26-18)20(29)25-14-9-24-28(11-14)10-13-3-1-2-4-17(13)23/h1-9,11H,10H2,(H,25,29)(H,26,27). The van der Waals surface area contributed by atoms with Gasteiger partial charge in [0.2, 0.25) is 0 Å². The topological polar surface area (TPSA) is 75.6 Å². The van der Waals surface area contributed by atoms with Crippen LogP contribution in [0.25, 0.3) is 11.3 Å². The number of hydrogen-bond donors (Lipinski definition) is 2. The lowest BCUT2D eigenvalue weighted by atomic mass is 10.1. The van der Waals surface area contributed by atoms with E-state index in [2.05, 4.69) is 20.6 Å². The van der Waals surface area contributed by atoms with Gasteiger partial charge >= 0.3 is 0 Å². The minimum absolute atomic E-state index is 0.258. The summed E-state index contributed by atoms with van der Waals surface area (Å²) in [6.45, 7) is 0.258. The quantitative estimate of drug-likeness (QED) is 0.467. The van der Waals surface area contributed by atoms with Crippen molar-refractivity contribution in [1.82, 2.24) is 20.0 Å². The molecule has 0 bridgehead atoms. The Hall–Kier alpha value is -3.16. The van der Waals surface area contributed by atoms with Crippen molar-refractivity contribution in [1.29, 1.82) is 0 Å². The van der Waals surface area contributed by atoms with Gasteiger partial charge < -0.3 is 5.32 Å². The van der Waals surface area contributed by atoms with Gasteiger partial charge in [0.25, 0.3) is 5.91 Å². The van der Waals surface area contributed by atoms with Crippen LogP contribution in [0.2, 0.25) is 10.0 Å². The van der Waals surface area contributed by atoms with Gasteiger partial charge in [-0.15, -0.1) is 0 Å². The summed E-state index contributed by atoms with van der Waals surface area (Å²) in [7, 11) is 0. The van der Waals surface area contributed by atoms with E-state index in [4.69, 9.17) is 23.2 Å². The van der Waals surface area contributed by atoms with Crippen molar-refractivity contribution in [2.45, 2.75) is 6.54 Å². The molecule has 0 aliphatic rings. The summed E-state index contributed by atoms with van der Waals surface area (Å²) in [5.74, 6) is -0.685. The molecule has 0 saturated carbocycles. The number of nitrogens with zero attached hydrogens (tertiary/aromatic N) is 3. The Balaban J connectivity index is 1.45. The van der Waals surface area contributed by atoms with Crippen molar-refractivity contribution in [2.24, 2.45) is 0 Å². The van der Waals surface area contributed by atoms with Crippen LogP contribution in [-0.2, 0) is 6.54 Å². The molecule has 0 atom stereocenters. The van der Waals surface area contributed by atoms with Gasteiger partial charge in [-0.25, -0.2) is 4.39 Å². The second kappa shape index (κ2) is 8.06. The summed E-state index contributed by atoms with van der Waals surface area (Å²) in [4.78, 5) is 12.5. The first-order chi connectivity index (χ1) is 14.0. The Labute approximate surface area is 175 Å². The van der Waals surface area contributed by atoms with E-state index in [1.807, 2.05) is 0 Å². The van der Waals surface area contributed by atoms with Crippen LogP contribution in [0.15, 0.2) is 60.9 Å². The molecular formula is C20H14Cl2FN5O. The van der Waals surface area contributed by atoms with Crippen LogP contribution in [0.1, 0.15) is 16.1 Å². The van der Waals surface area contributed by atoms with Crippen LogP contribution in [0.3, 0.4) is 0 Å². The van der Waals surface area contributed by atoms with Crippen LogP contribution in [-0.4, -0.2) is 25.9 Å². The molecule has 146 valence electrons. The highest BCUT2D eigenvalue weighted by Gasteiger charge is 2.13. The summed E-state index contributed by atoms with van der Waals surface area (Å²) in [5.41, 5.74) is 2.55. The van der Waals surface area contributed by atoms with Gasteiger partial charge in [0, 0.05) is 17.3 Å². The van der Waals surface area contributed by atoms with Crippen molar-refractivity contribution in [2.75, 3.05) is 5.32 Å². The van der Waals surface area contributed by atoms with E-state index in [0.717, 1.165) is 5.56 Å². The van der Waals surface area contributed by atoms with E-state index >= 15 is 0 Å². The molecule has 2 N–H and O–H groups in total. The van der Waals surface area contributed by atoms with Crippen molar-refractivity contribution >= 4 is 34.8 Å². The van der Waals surface area contributed by atoms with E-state index in [1.165, 1.54) is 12.3 Å². The molecule has 4 aromatic rings. The van der Waals surface area contributed by atoms with Gasteiger partial charge in [0.05, 0.1) is 34.2 Å². The smallest absolute Gasteiger partial charge is 0.273 e. The first-order valence-corrected chi connectivity index (χ1v) is 9.33. The minimum atomic E-state index is -0.380. The molecule has 2 heterocycles. The molecule has 0 fully saturated rings. The average molecular weight is 430 g/mol. The van der Waals surface area contributed by atoms with Crippen molar-refractivity contribution < 1.29 is 9.18 Å². The molecule has 0 spiro atoms. The third kappa shape index (κ3) is 4.31. The van der Waals surface area contributed by atoms with Crippen molar-refractivity contribution in [3.63, 3.8) is 0 Å². The van der Waals surface area contributed by atoms with Crippen LogP contribution in [0.4, 0.5) is 10.1 Å². The molecule has 2 aromatic heterocycles. The summed E-state index contributed by atoms with van der Waals surface area (Å²) in [6, 6.07) is 13.2. The van der Waals surface area contributed by atoms with Gasteiger partial charge in [-0.3, -0.25) is 14.6 Å². The second-order valence-corrected chi connectivity index (χ2v) is 7.08. The number of amides is 1. The number of benzene rings is 2. The minimum Gasteiger partial charge on any atom is -0.318 e. The largest absolute Gasteiger partial charge is 0.318 e. The normalized spacial score (nSPS) is 10.9. The highest BCUT2D eigenvalue weighted by atomic mass is 35.5. The highest BCUT2D eigenvalue weighted by Crippen LogP contribution is 2.27. The maximum Gasteiger partial charge on any atom is 0.273 e. The number of hydrogen-bond acceptors (Lipinski definition) is 3. The number of carbonyl (C=O) groups is 1. The number of aromatic amines is 1. The van der Waals surface area contributed by atoms with Crippen molar-refractivity contribution in [3.05, 3.63) is 88.0 Å². The zero-order chi connectivity index (χ0) is 20.4. The predicted octanol–water partition coefficient (Wildman–Crippen LogP) is 5.02. The average Bonchev–Trinajstić information content (AvgIpc) is 3.36. The number of H-pyrrole nitrogens is 1. The van der Waals surface area contributed by atoms with E-state index in [9.17, 15) is 9.18 Å². The second-order valence-electron chi connectivity index (χ2n) is 6.27. The van der Waals surface area contributed by atoms with Crippen molar-refractivity contribution in [3.8, 4) is 11.3 Å². The number of halogens is 3. The number of nitrogens with one attached hydrogen (secondary N) is 2. The summed E-state index contributed by atoms with van der Waals surface area (Å²) >= 11 is 12.0. The molecule has 29 heavy (non-hydrogen) atoms. The van der Waals surface area contributed by atoms with E-state index in [-0.39, 0.29) is 24.0 Å². The molecule has 0 saturated heterocycles. The lowest BCUT2D eigenvalue weighted by Crippen LogP contribution is -2.11. The Kier molecular flexibility index (Phi) is 5.33. The first kappa shape index (κ1) is 19.2. The van der Waals surface area contributed by atoms with Crippen LogP contribution in [0.5, 0.6) is 0 Å². The Morgan fingerprint density at radius 2 is 1.97 bits per heavy atom. The zero-order valence-corrected chi connectivity index (χ0v) is 16.4. The van der Waals surface area contributed by atoms with E-state index in [1.54, 1.807) is 53.3 Å². The SMILES string of the molecule is O=C(Nc1cnn(Cc2ccccc2F)c1)c1cc(-c2ccc(Cl)c(Cl)c2)n[nH]1. The van der Waals surface area contributed by atoms with Crippen LogP contribution in [0, 0.1) is 5.82 Å². The molecule has 4 rings (SSSR count). The van der Waals surface area contributed by atoms with Gasteiger partial charge in [0.1, 0.15) is 11.5 Å². The fourth-order valence-corrected chi connectivity index (χ4v) is 3.05. The molecule has 6 nitrogen and oxygen atoms in total. The molecule has 0 unspecified atom stereocenters. The lowest BCUT2D eigenvalue weighted by molar-refractivity contribution is 0.102. The van der Waals surface area contributed by atoms with E-state index < -0.39 is 0 Å². The first-order valence-electron chi connectivity index (χ1n) is 8.57.